The van der Waals surface area contributed by atoms with Gasteiger partial charge in [-0.05, 0) is 56.0 Å². The van der Waals surface area contributed by atoms with Gasteiger partial charge in [0.2, 0.25) is 0 Å². The number of aliphatic hydroxyl groups is 1. The molecule has 3 aromatic heterocycles. The summed E-state index contributed by atoms with van der Waals surface area (Å²) in [5.41, 5.74) is 3.73. The Labute approximate surface area is 214 Å². The van der Waals surface area contributed by atoms with Crippen LogP contribution in [0.3, 0.4) is 0 Å². The number of amides is 1. The van der Waals surface area contributed by atoms with Crippen molar-refractivity contribution in [3.8, 4) is 0 Å². The fourth-order valence-electron chi connectivity index (χ4n) is 5.00. The second kappa shape index (κ2) is 8.29. The largest absolute Gasteiger partial charge is 0.416 e. The van der Waals surface area contributed by atoms with E-state index in [-0.39, 0.29) is 11.8 Å². The molecule has 0 bridgehead atoms. The first kappa shape index (κ1) is 23.9. The van der Waals surface area contributed by atoms with Gasteiger partial charge in [-0.1, -0.05) is 23.7 Å². The lowest BCUT2D eigenvalue weighted by molar-refractivity contribution is -0.208. The zero-order chi connectivity index (χ0) is 26.2. The molecule has 1 amide bonds. The van der Waals surface area contributed by atoms with Gasteiger partial charge in [0, 0.05) is 17.1 Å². The molecule has 1 aliphatic carbocycles. The number of carbonyl (C=O) groups is 1. The van der Waals surface area contributed by atoms with Crippen molar-refractivity contribution in [1.82, 2.24) is 24.4 Å². The highest BCUT2D eigenvalue weighted by atomic mass is 35.5. The molecule has 0 radical (unpaired) electrons. The van der Waals surface area contributed by atoms with E-state index in [0.717, 1.165) is 23.1 Å². The van der Waals surface area contributed by atoms with Gasteiger partial charge in [-0.15, -0.1) is 10.2 Å². The fraction of sp³-hybridized carbons (Fsp3) is 0.360. The Kier molecular flexibility index (Phi) is 5.36. The third-order valence-corrected chi connectivity index (χ3v) is 7.22. The number of halogens is 4. The number of benzene rings is 1. The van der Waals surface area contributed by atoms with Crippen LogP contribution >= 0.6 is 11.6 Å². The molecule has 2 aliphatic rings. The second-order valence-electron chi connectivity index (χ2n) is 9.61. The number of anilines is 1. The van der Waals surface area contributed by atoms with Crippen LogP contribution in [0.15, 0.2) is 36.5 Å². The third-order valence-electron chi connectivity index (χ3n) is 6.97. The van der Waals surface area contributed by atoms with Gasteiger partial charge in [0.15, 0.2) is 11.8 Å². The molecule has 6 rings (SSSR count). The maximum Gasteiger partial charge on any atom is 0.416 e. The molecule has 4 aromatic rings. The molecule has 1 saturated carbocycles. The van der Waals surface area contributed by atoms with Gasteiger partial charge in [-0.25, -0.2) is 0 Å². The molecule has 0 saturated heterocycles. The van der Waals surface area contributed by atoms with Crippen molar-refractivity contribution in [2.24, 2.45) is 0 Å². The van der Waals surface area contributed by atoms with Crippen LogP contribution in [0.2, 0.25) is 5.02 Å². The number of aryl methyl sites for hydroxylation is 2. The molecule has 2 atom stereocenters. The van der Waals surface area contributed by atoms with Crippen molar-refractivity contribution in [1.29, 1.82) is 0 Å². The topological polar surface area (TPSA) is 88.5 Å². The monoisotopic (exact) mass is 530 g/mol. The summed E-state index contributed by atoms with van der Waals surface area (Å²) in [5, 5.41) is 23.2. The van der Waals surface area contributed by atoms with E-state index in [1.54, 1.807) is 46.7 Å². The average molecular weight is 531 g/mol. The molecule has 1 aromatic carbocycles. The van der Waals surface area contributed by atoms with E-state index >= 15 is 0 Å². The molecule has 1 aliphatic heterocycles. The predicted octanol–water partition coefficient (Wildman–Crippen LogP) is 4.75. The molecule has 8 nitrogen and oxygen atoms in total. The molecular weight excluding hydrogens is 509 g/mol. The number of aromatic nitrogens is 5. The summed E-state index contributed by atoms with van der Waals surface area (Å²) < 4.78 is 43.0. The Morgan fingerprint density at radius 2 is 1.86 bits per heavy atom. The highest BCUT2D eigenvalue weighted by Crippen LogP contribution is 2.49. The standard InChI is InChI=1S/C25H22ClF3N6O2/c1-12-9-17(10-33-13(2)30-31-23(12)33)35-21(15-5-7-16(26)8-6-15)22-19(24(35)37)20(14-3-4-14)32-34(22)11-18(36)25(27,28)29/h5-10,14,18,21,36H,3-4,11H2,1-2H3/t18?,21-/m1/s1. The minimum Gasteiger partial charge on any atom is -0.382 e. The summed E-state index contributed by atoms with van der Waals surface area (Å²) >= 11 is 6.12. The van der Waals surface area contributed by atoms with Crippen LogP contribution in [0, 0.1) is 13.8 Å². The number of carbonyl (C=O) groups excluding carboxylic acids is 1. The van der Waals surface area contributed by atoms with E-state index in [1.807, 2.05) is 13.0 Å². The highest BCUT2D eigenvalue weighted by Gasteiger charge is 2.48. The highest BCUT2D eigenvalue weighted by molar-refractivity contribution is 6.30. The van der Waals surface area contributed by atoms with Crippen LogP contribution in [0.25, 0.3) is 5.65 Å². The van der Waals surface area contributed by atoms with Crippen LogP contribution in [0.4, 0.5) is 18.9 Å². The predicted molar refractivity (Wildman–Crippen MR) is 129 cm³/mol. The molecule has 1 unspecified atom stereocenters. The van der Waals surface area contributed by atoms with Gasteiger partial charge in [-0.3, -0.25) is 18.8 Å². The van der Waals surface area contributed by atoms with E-state index in [1.165, 1.54) is 0 Å². The van der Waals surface area contributed by atoms with Gasteiger partial charge < -0.3 is 5.11 Å². The van der Waals surface area contributed by atoms with Crippen molar-refractivity contribution in [2.45, 2.75) is 57.5 Å². The number of alkyl halides is 3. The first-order valence-electron chi connectivity index (χ1n) is 11.8. The van der Waals surface area contributed by atoms with Crippen molar-refractivity contribution < 1.29 is 23.1 Å². The Balaban J connectivity index is 1.57. The van der Waals surface area contributed by atoms with E-state index in [0.29, 0.717) is 44.7 Å². The average Bonchev–Trinajstić information content (AvgIpc) is 3.43. The minimum atomic E-state index is -4.83. The Bertz CT molecular complexity index is 1540. The first-order valence-corrected chi connectivity index (χ1v) is 12.2. The van der Waals surface area contributed by atoms with Gasteiger partial charge >= 0.3 is 6.18 Å². The van der Waals surface area contributed by atoms with Gasteiger partial charge in [-0.2, -0.15) is 18.3 Å². The zero-order valence-electron chi connectivity index (χ0n) is 19.9. The summed E-state index contributed by atoms with van der Waals surface area (Å²) in [6.45, 7) is 2.84. The molecule has 192 valence electrons. The summed E-state index contributed by atoms with van der Waals surface area (Å²) in [6, 6.07) is 7.85. The van der Waals surface area contributed by atoms with E-state index in [4.69, 9.17) is 11.6 Å². The lowest BCUT2D eigenvalue weighted by Gasteiger charge is -2.28. The summed E-state index contributed by atoms with van der Waals surface area (Å²) in [5.74, 6) is 0.275. The number of hydrogen-bond acceptors (Lipinski definition) is 5. The van der Waals surface area contributed by atoms with E-state index in [2.05, 4.69) is 15.3 Å². The number of hydrogen-bond donors (Lipinski definition) is 1. The SMILES string of the molecule is Cc1cc(N2C(=O)c3c(C4CC4)nn(CC(O)C(F)(F)F)c3[C@H]2c2ccc(Cl)cc2)cn2c(C)nnc12. The number of aliphatic hydroxyl groups excluding tert-OH is 1. The van der Waals surface area contributed by atoms with Crippen LogP contribution in [-0.2, 0) is 6.54 Å². The summed E-state index contributed by atoms with van der Waals surface area (Å²) in [7, 11) is 0. The zero-order valence-corrected chi connectivity index (χ0v) is 20.6. The molecule has 12 heteroatoms. The van der Waals surface area contributed by atoms with Gasteiger partial charge in [0.25, 0.3) is 5.91 Å². The first-order chi connectivity index (χ1) is 17.5. The molecule has 4 heterocycles. The smallest absolute Gasteiger partial charge is 0.382 e. The number of nitrogens with zero attached hydrogens (tertiary/aromatic N) is 6. The molecule has 37 heavy (non-hydrogen) atoms. The molecular formula is C25H22ClF3N6O2. The third kappa shape index (κ3) is 3.88. The number of rotatable bonds is 5. The number of pyridine rings is 1. The quantitative estimate of drug-likeness (QED) is 0.402. The van der Waals surface area contributed by atoms with Crippen molar-refractivity contribution in [3.63, 3.8) is 0 Å². The summed E-state index contributed by atoms with van der Waals surface area (Å²) in [6.07, 6.45) is -4.10. The van der Waals surface area contributed by atoms with Gasteiger partial charge in [0.05, 0.1) is 29.2 Å². The minimum absolute atomic E-state index is 0.00268. The maximum atomic E-state index is 14.1. The lowest BCUT2D eigenvalue weighted by Crippen LogP contribution is -2.35. The van der Waals surface area contributed by atoms with Crippen LogP contribution in [0.5, 0.6) is 0 Å². The lowest BCUT2D eigenvalue weighted by atomic mass is 10.0. The normalized spacial score (nSPS) is 18.6. The summed E-state index contributed by atoms with van der Waals surface area (Å²) in [4.78, 5) is 15.7. The molecule has 1 N–H and O–H groups in total. The van der Waals surface area contributed by atoms with Crippen molar-refractivity contribution >= 4 is 28.8 Å². The van der Waals surface area contributed by atoms with Crippen LogP contribution in [-0.4, -0.2) is 47.7 Å². The van der Waals surface area contributed by atoms with E-state index < -0.39 is 24.9 Å². The van der Waals surface area contributed by atoms with E-state index in [9.17, 15) is 23.1 Å². The van der Waals surface area contributed by atoms with Crippen molar-refractivity contribution in [2.75, 3.05) is 4.90 Å². The Morgan fingerprint density at radius 1 is 1.16 bits per heavy atom. The molecule has 0 spiro atoms. The number of fused-ring (bicyclic) bond motifs is 2. The second-order valence-corrected chi connectivity index (χ2v) is 10.0. The van der Waals surface area contributed by atoms with Gasteiger partial charge in [0.1, 0.15) is 11.9 Å². The fourth-order valence-corrected chi connectivity index (χ4v) is 5.12. The Hall–Kier alpha value is -3.44. The maximum absolute atomic E-state index is 14.1. The van der Waals surface area contributed by atoms with Crippen molar-refractivity contribution in [3.05, 3.63) is 75.5 Å². The Morgan fingerprint density at radius 3 is 2.51 bits per heavy atom. The molecule has 1 fully saturated rings. The van der Waals surface area contributed by atoms with Crippen LogP contribution < -0.4 is 4.90 Å². The van der Waals surface area contributed by atoms with Crippen LogP contribution in [0.1, 0.15) is 63.5 Å².